The van der Waals surface area contributed by atoms with Gasteiger partial charge in [-0.2, -0.15) is 0 Å². The van der Waals surface area contributed by atoms with E-state index in [-0.39, 0.29) is 6.42 Å². The van der Waals surface area contributed by atoms with Crippen molar-refractivity contribution in [1.82, 2.24) is 5.16 Å². The normalized spacial score (nSPS) is 9.91. The van der Waals surface area contributed by atoms with Gasteiger partial charge < -0.3 is 9.63 Å². The average Bonchev–Trinajstić information content (AvgIpc) is 2.34. The minimum absolute atomic E-state index is 0.0281. The molecule has 0 saturated carbocycles. The molecule has 0 aliphatic heterocycles. The zero-order chi connectivity index (χ0) is 8.27. The monoisotopic (exact) mass is 173 g/mol. The number of nitrogens with zero attached hydrogens (tertiary/aromatic N) is 1. The van der Waals surface area contributed by atoms with E-state index in [2.05, 4.69) is 5.16 Å². The summed E-state index contributed by atoms with van der Waals surface area (Å²) in [6.45, 7) is 0. The number of aliphatic carboxylic acids is 1. The number of rotatable bonds is 3. The van der Waals surface area contributed by atoms with Gasteiger partial charge in [0.1, 0.15) is 0 Å². The second-order valence-corrected chi connectivity index (χ2v) is 2.69. The van der Waals surface area contributed by atoms with Crippen LogP contribution in [0.5, 0.6) is 0 Å². The van der Waals surface area contributed by atoms with Gasteiger partial charge in [0.25, 0.3) is 0 Å². The Morgan fingerprint density at radius 3 is 3.18 bits per heavy atom. The molecule has 5 heteroatoms. The summed E-state index contributed by atoms with van der Waals surface area (Å²) in [5, 5.41) is 12.5. The van der Waals surface area contributed by atoms with Gasteiger partial charge in [-0.05, 0) is 6.26 Å². The first-order chi connectivity index (χ1) is 5.24. The van der Waals surface area contributed by atoms with Crippen LogP contribution in [0.1, 0.15) is 5.56 Å². The van der Waals surface area contributed by atoms with Gasteiger partial charge in [0.15, 0.2) is 5.09 Å². The van der Waals surface area contributed by atoms with Crippen LogP contribution in [-0.4, -0.2) is 22.5 Å². The highest BCUT2D eigenvalue weighted by molar-refractivity contribution is 7.98. The van der Waals surface area contributed by atoms with E-state index < -0.39 is 5.97 Å². The van der Waals surface area contributed by atoms with E-state index in [1.54, 1.807) is 0 Å². The van der Waals surface area contributed by atoms with E-state index in [1.807, 2.05) is 6.26 Å². The van der Waals surface area contributed by atoms with E-state index >= 15 is 0 Å². The summed E-state index contributed by atoms with van der Waals surface area (Å²) in [5.74, 6) is -0.872. The topological polar surface area (TPSA) is 63.3 Å². The molecule has 1 heterocycles. The average molecular weight is 173 g/mol. The number of aromatic nitrogens is 1. The Morgan fingerprint density at radius 2 is 2.64 bits per heavy atom. The SMILES string of the molecule is CSc1oncc1CC(=O)O. The van der Waals surface area contributed by atoms with E-state index in [0.717, 1.165) is 0 Å². The Morgan fingerprint density at radius 1 is 1.91 bits per heavy atom. The van der Waals surface area contributed by atoms with Gasteiger partial charge in [-0.25, -0.2) is 0 Å². The van der Waals surface area contributed by atoms with E-state index in [4.69, 9.17) is 9.63 Å². The molecule has 0 aromatic carbocycles. The fraction of sp³-hybridized carbons (Fsp3) is 0.333. The summed E-state index contributed by atoms with van der Waals surface area (Å²) in [7, 11) is 0. The maximum atomic E-state index is 10.3. The van der Waals surface area contributed by atoms with E-state index in [0.29, 0.717) is 10.7 Å². The van der Waals surface area contributed by atoms with Crippen LogP contribution >= 0.6 is 11.8 Å². The molecule has 0 bridgehead atoms. The Kier molecular flexibility index (Phi) is 2.53. The number of hydrogen-bond donors (Lipinski definition) is 1. The third-order valence-electron chi connectivity index (χ3n) is 1.13. The summed E-state index contributed by atoms with van der Waals surface area (Å²) < 4.78 is 4.76. The number of thioether (sulfide) groups is 1. The van der Waals surface area contributed by atoms with Gasteiger partial charge in [-0.3, -0.25) is 4.79 Å². The number of carbonyl (C=O) groups is 1. The van der Waals surface area contributed by atoms with Crippen LogP contribution in [0.25, 0.3) is 0 Å². The van der Waals surface area contributed by atoms with Gasteiger partial charge in [-0.1, -0.05) is 16.9 Å². The molecular formula is C6H7NO3S. The van der Waals surface area contributed by atoms with Crippen LogP contribution in [0, 0.1) is 0 Å². The second-order valence-electron chi connectivity index (χ2n) is 1.91. The third kappa shape index (κ3) is 1.98. The summed E-state index contributed by atoms with van der Waals surface area (Å²) in [5.41, 5.74) is 0.630. The number of carboxylic acids is 1. The van der Waals surface area contributed by atoms with Crippen molar-refractivity contribution >= 4 is 17.7 Å². The molecule has 4 nitrogen and oxygen atoms in total. The van der Waals surface area contributed by atoms with Gasteiger partial charge >= 0.3 is 5.97 Å². The zero-order valence-corrected chi connectivity index (χ0v) is 6.72. The number of hydrogen-bond acceptors (Lipinski definition) is 4. The first kappa shape index (κ1) is 8.13. The molecule has 0 spiro atoms. The molecule has 0 saturated heterocycles. The third-order valence-corrected chi connectivity index (χ3v) is 1.84. The predicted molar refractivity (Wildman–Crippen MR) is 39.6 cm³/mol. The maximum Gasteiger partial charge on any atom is 0.308 e. The van der Waals surface area contributed by atoms with Crippen LogP contribution in [0.3, 0.4) is 0 Å². The maximum absolute atomic E-state index is 10.3. The van der Waals surface area contributed by atoms with Crippen molar-refractivity contribution < 1.29 is 14.4 Å². The molecule has 1 aromatic heterocycles. The van der Waals surface area contributed by atoms with Crippen molar-refractivity contribution in [3.8, 4) is 0 Å². The minimum Gasteiger partial charge on any atom is -0.481 e. The molecule has 11 heavy (non-hydrogen) atoms. The molecule has 60 valence electrons. The zero-order valence-electron chi connectivity index (χ0n) is 5.90. The summed E-state index contributed by atoms with van der Waals surface area (Å²) >= 11 is 1.35. The quantitative estimate of drug-likeness (QED) is 0.691. The molecular weight excluding hydrogens is 166 g/mol. The lowest BCUT2D eigenvalue weighted by Crippen LogP contribution is -1.99. The second kappa shape index (κ2) is 3.43. The van der Waals surface area contributed by atoms with E-state index in [9.17, 15) is 4.79 Å². The van der Waals surface area contributed by atoms with Crippen molar-refractivity contribution in [2.75, 3.05) is 6.26 Å². The summed E-state index contributed by atoms with van der Waals surface area (Å²) in [6, 6.07) is 0. The summed E-state index contributed by atoms with van der Waals surface area (Å²) in [6.07, 6.45) is 3.21. The molecule has 0 amide bonds. The number of carboxylic acid groups (broad SMARTS) is 1. The smallest absolute Gasteiger partial charge is 0.308 e. The van der Waals surface area contributed by atoms with Gasteiger partial charge in [0.2, 0.25) is 0 Å². The molecule has 0 atom stereocenters. The molecule has 0 fully saturated rings. The molecule has 0 aliphatic rings. The van der Waals surface area contributed by atoms with Crippen molar-refractivity contribution in [2.45, 2.75) is 11.5 Å². The Balaban J connectivity index is 2.76. The van der Waals surface area contributed by atoms with Crippen molar-refractivity contribution in [3.63, 3.8) is 0 Å². The molecule has 1 rings (SSSR count). The predicted octanol–water partition coefficient (Wildman–Crippen LogP) is 1.02. The highest BCUT2D eigenvalue weighted by Crippen LogP contribution is 2.19. The first-order valence-corrected chi connectivity index (χ1v) is 4.16. The van der Waals surface area contributed by atoms with Crippen LogP contribution in [0.4, 0.5) is 0 Å². The Hall–Kier alpha value is -0.970. The minimum atomic E-state index is -0.872. The van der Waals surface area contributed by atoms with E-state index in [1.165, 1.54) is 18.0 Å². The first-order valence-electron chi connectivity index (χ1n) is 2.93. The van der Waals surface area contributed by atoms with Crippen molar-refractivity contribution in [1.29, 1.82) is 0 Å². The van der Waals surface area contributed by atoms with Crippen LogP contribution in [0.15, 0.2) is 15.8 Å². The molecule has 0 unspecified atom stereocenters. The Bertz CT molecular complexity index is 258. The fourth-order valence-corrected chi connectivity index (χ4v) is 1.20. The fourth-order valence-electron chi connectivity index (χ4n) is 0.698. The highest BCUT2D eigenvalue weighted by atomic mass is 32.2. The lowest BCUT2D eigenvalue weighted by molar-refractivity contribution is -0.136. The van der Waals surface area contributed by atoms with Gasteiger partial charge in [0, 0.05) is 5.56 Å². The molecule has 0 radical (unpaired) electrons. The molecule has 1 N–H and O–H groups in total. The van der Waals surface area contributed by atoms with Gasteiger partial charge in [-0.15, -0.1) is 0 Å². The standard InChI is InChI=1S/C6H7NO3S/c1-11-6-4(2-5(8)9)3-7-10-6/h3H,2H2,1H3,(H,8,9). The lowest BCUT2D eigenvalue weighted by atomic mass is 10.3. The van der Waals surface area contributed by atoms with Crippen molar-refractivity contribution in [3.05, 3.63) is 11.8 Å². The van der Waals surface area contributed by atoms with Crippen LogP contribution in [-0.2, 0) is 11.2 Å². The van der Waals surface area contributed by atoms with Gasteiger partial charge in [0.05, 0.1) is 12.6 Å². The largest absolute Gasteiger partial charge is 0.481 e. The van der Waals surface area contributed by atoms with Crippen LogP contribution < -0.4 is 0 Å². The summed E-state index contributed by atoms with van der Waals surface area (Å²) in [4.78, 5) is 10.3. The molecule has 0 aliphatic carbocycles. The Labute approximate surface area is 67.6 Å². The van der Waals surface area contributed by atoms with Crippen molar-refractivity contribution in [2.24, 2.45) is 0 Å². The van der Waals surface area contributed by atoms with Crippen LogP contribution in [0.2, 0.25) is 0 Å². The molecule has 1 aromatic rings. The lowest BCUT2D eigenvalue weighted by Gasteiger charge is -1.91. The highest BCUT2D eigenvalue weighted by Gasteiger charge is 2.09.